The molecule has 0 radical (unpaired) electrons. The Morgan fingerprint density at radius 3 is 2.62 bits per heavy atom. The van der Waals surface area contributed by atoms with E-state index in [0.717, 1.165) is 24.0 Å². The smallest absolute Gasteiger partial charge is 0.251 e. The van der Waals surface area contributed by atoms with Crippen molar-refractivity contribution >= 4 is 21.6 Å². The lowest BCUT2D eigenvalue weighted by Crippen LogP contribution is -2.37. The number of sulfonamides is 1. The number of hydrogen-bond acceptors (Lipinski definition) is 4. The van der Waals surface area contributed by atoms with E-state index < -0.39 is 10.0 Å². The van der Waals surface area contributed by atoms with E-state index >= 15 is 0 Å². The second kappa shape index (κ2) is 6.23. The van der Waals surface area contributed by atoms with Crippen LogP contribution in [0.4, 0.5) is 0 Å². The average molecular weight is 390 g/mol. The third-order valence-electron chi connectivity index (χ3n) is 4.86. The van der Waals surface area contributed by atoms with Crippen LogP contribution in [0.25, 0.3) is 0 Å². The minimum absolute atomic E-state index is 0.00266. The van der Waals surface area contributed by atoms with Crippen LogP contribution >= 0.6 is 11.6 Å². The van der Waals surface area contributed by atoms with E-state index in [1.807, 2.05) is 6.07 Å². The van der Waals surface area contributed by atoms with Gasteiger partial charge in [-0.2, -0.15) is 9.57 Å². The first-order valence-corrected chi connectivity index (χ1v) is 10.2. The van der Waals surface area contributed by atoms with E-state index in [1.165, 1.54) is 22.5 Å². The Morgan fingerprint density at radius 1 is 1.19 bits per heavy atom. The summed E-state index contributed by atoms with van der Waals surface area (Å²) in [5, 5.41) is 8.96. The van der Waals surface area contributed by atoms with Crippen molar-refractivity contribution in [2.75, 3.05) is 6.54 Å². The molecule has 1 aliphatic heterocycles. The van der Waals surface area contributed by atoms with Crippen molar-refractivity contribution in [3.05, 3.63) is 62.5 Å². The highest BCUT2D eigenvalue weighted by Gasteiger charge is 2.32. The molecule has 134 valence electrons. The molecule has 6 nitrogen and oxygen atoms in total. The second-order valence-corrected chi connectivity index (χ2v) is 8.96. The molecule has 2 heterocycles. The van der Waals surface area contributed by atoms with Crippen molar-refractivity contribution in [1.82, 2.24) is 8.87 Å². The molecule has 26 heavy (non-hydrogen) atoms. The van der Waals surface area contributed by atoms with E-state index in [-0.39, 0.29) is 28.1 Å². The largest absolute Gasteiger partial charge is 0.312 e. The normalized spacial score (nSPS) is 17.5. The highest BCUT2D eigenvalue weighted by Crippen LogP contribution is 2.35. The SMILES string of the molecule is N#Cc1ccc(S(=O)(=O)N2CCc3cc(=O)n(C4CC4)cc3C2)c(Cl)c1. The van der Waals surface area contributed by atoms with Gasteiger partial charge in [-0.3, -0.25) is 4.79 Å². The molecule has 2 aromatic rings. The monoisotopic (exact) mass is 389 g/mol. The number of pyridine rings is 1. The molecule has 8 heteroatoms. The van der Waals surface area contributed by atoms with E-state index in [2.05, 4.69) is 0 Å². The average Bonchev–Trinajstić information content (AvgIpc) is 3.45. The summed E-state index contributed by atoms with van der Waals surface area (Å²) < 4.78 is 29.1. The summed E-state index contributed by atoms with van der Waals surface area (Å²) in [7, 11) is -3.78. The van der Waals surface area contributed by atoms with E-state index in [4.69, 9.17) is 16.9 Å². The predicted octanol–water partition coefficient (Wildman–Crippen LogP) is 2.46. The number of benzene rings is 1. The number of nitrogens with zero attached hydrogens (tertiary/aromatic N) is 3. The summed E-state index contributed by atoms with van der Waals surface area (Å²) in [6, 6.07) is 7.99. The fourth-order valence-corrected chi connectivity index (χ4v) is 5.22. The number of halogens is 1. The Bertz CT molecular complexity index is 1100. The quantitative estimate of drug-likeness (QED) is 0.807. The van der Waals surface area contributed by atoms with Gasteiger partial charge in [0.15, 0.2) is 0 Å². The molecular weight excluding hydrogens is 374 g/mol. The molecule has 0 amide bonds. The Labute approximate surface area is 156 Å². The van der Waals surface area contributed by atoms with Gasteiger partial charge in [-0.25, -0.2) is 8.42 Å². The third kappa shape index (κ3) is 2.94. The van der Waals surface area contributed by atoms with Crippen molar-refractivity contribution in [3.63, 3.8) is 0 Å². The van der Waals surface area contributed by atoms with Crippen molar-refractivity contribution in [1.29, 1.82) is 5.26 Å². The van der Waals surface area contributed by atoms with E-state index in [0.29, 0.717) is 18.5 Å². The Balaban J connectivity index is 1.69. The number of aromatic nitrogens is 1. The summed E-state index contributed by atoms with van der Waals surface area (Å²) in [5.74, 6) is 0. The second-order valence-electron chi connectivity index (χ2n) is 6.65. The fourth-order valence-electron chi connectivity index (χ4n) is 3.28. The first-order chi connectivity index (χ1) is 12.4. The first-order valence-electron chi connectivity index (χ1n) is 8.34. The van der Waals surface area contributed by atoms with Crippen LogP contribution in [0, 0.1) is 11.3 Å². The molecule has 1 saturated carbocycles. The fraction of sp³-hybridized carbons (Fsp3) is 0.333. The summed E-state index contributed by atoms with van der Waals surface area (Å²) in [6.07, 6.45) is 4.27. The van der Waals surface area contributed by atoms with Crippen LogP contribution in [0.3, 0.4) is 0 Å². The minimum Gasteiger partial charge on any atom is -0.312 e. The van der Waals surface area contributed by atoms with E-state index in [9.17, 15) is 13.2 Å². The molecule has 0 spiro atoms. The number of nitriles is 1. The highest BCUT2D eigenvalue weighted by molar-refractivity contribution is 7.89. The molecule has 0 unspecified atom stereocenters. The molecule has 0 N–H and O–H groups in total. The van der Waals surface area contributed by atoms with Gasteiger partial charge in [-0.05, 0) is 48.6 Å². The molecular formula is C18H16ClN3O3S. The molecule has 0 atom stereocenters. The van der Waals surface area contributed by atoms with Crippen molar-refractivity contribution in [3.8, 4) is 6.07 Å². The van der Waals surface area contributed by atoms with Gasteiger partial charge in [-0.15, -0.1) is 0 Å². The molecule has 0 bridgehead atoms. The lowest BCUT2D eigenvalue weighted by atomic mass is 10.0. The van der Waals surface area contributed by atoms with Crippen molar-refractivity contribution in [2.24, 2.45) is 0 Å². The minimum atomic E-state index is -3.78. The van der Waals surface area contributed by atoms with Crippen molar-refractivity contribution in [2.45, 2.75) is 36.7 Å². The van der Waals surface area contributed by atoms with Crippen LogP contribution in [-0.2, 0) is 23.0 Å². The van der Waals surface area contributed by atoms with Gasteiger partial charge >= 0.3 is 0 Å². The van der Waals surface area contributed by atoms with Crippen LogP contribution in [0.15, 0.2) is 40.2 Å². The summed E-state index contributed by atoms with van der Waals surface area (Å²) in [4.78, 5) is 12.2. The van der Waals surface area contributed by atoms with Gasteiger partial charge < -0.3 is 4.57 Å². The van der Waals surface area contributed by atoms with Crippen LogP contribution in [0.2, 0.25) is 5.02 Å². The lowest BCUT2D eigenvalue weighted by Gasteiger charge is -2.28. The highest BCUT2D eigenvalue weighted by atomic mass is 35.5. The standard InChI is InChI=1S/C18H16ClN3O3S/c19-16-7-12(9-20)1-4-17(16)26(24,25)21-6-5-13-8-18(23)22(15-2-3-15)11-14(13)10-21/h1,4,7-8,11,15H,2-3,5-6,10H2. The molecule has 1 fully saturated rings. The van der Waals surface area contributed by atoms with Crippen LogP contribution in [-0.4, -0.2) is 23.8 Å². The van der Waals surface area contributed by atoms with Crippen molar-refractivity contribution < 1.29 is 8.42 Å². The molecule has 1 aromatic heterocycles. The Hall–Kier alpha value is -2.14. The zero-order valence-corrected chi connectivity index (χ0v) is 15.4. The maximum Gasteiger partial charge on any atom is 0.251 e. The number of rotatable bonds is 3. The maximum atomic E-state index is 13.0. The Morgan fingerprint density at radius 2 is 1.96 bits per heavy atom. The van der Waals surface area contributed by atoms with Gasteiger partial charge in [0.25, 0.3) is 5.56 Å². The number of hydrogen-bond donors (Lipinski definition) is 0. The summed E-state index contributed by atoms with van der Waals surface area (Å²) >= 11 is 6.11. The summed E-state index contributed by atoms with van der Waals surface area (Å²) in [5.41, 5.74) is 2.06. The zero-order chi connectivity index (χ0) is 18.5. The zero-order valence-electron chi connectivity index (χ0n) is 13.9. The first kappa shape index (κ1) is 17.3. The summed E-state index contributed by atoms with van der Waals surface area (Å²) in [6.45, 7) is 0.500. The van der Waals surface area contributed by atoms with Gasteiger partial charge in [-0.1, -0.05) is 11.6 Å². The van der Waals surface area contributed by atoms with Crippen LogP contribution in [0.1, 0.15) is 35.6 Å². The van der Waals surface area contributed by atoms with E-state index in [1.54, 1.807) is 16.8 Å². The molecule has 1 aromatic carbocycles. The predicted molar refractivity (Wildman–Crippen MR) is 96.4 cm³/mol. The van der Waals surface area contributed by atoms with Gasteiger partial charge in [0, 0.05) is 31.4 Å². The van der Waals surface area contributed by atoms with Crippen LogP contribution < -0.4 is 5.56 Å². The third-order valence-corrected chi connectivity index (χ3v) is 7.18. The van der Waals surface area contributed by atoms with Crippen LogP contribution in [0.5, 0.6) is 0 Å². The molecule has 4 rings (SSSR count). The maximum absolute atomic E-state index is 13.0. The lowest BCUT2D eigenvalue weighted by molar-refractivity contribution is 0.388. The topological polar surface area (TPSA) is 83.2 Å². The molecule has 1 aliphatic carbocycles. The van der Waals surface area contributed by atoms with Gasteiger partial charge in [0.1, 0.15) is 4.90 Å². The number of fused-ring (bicyclic) bond motifs is 1. The molecule has 0 saturated heterocycles. The molecule has 2 aliphatic rings. The Kier molecular flexibility index (Phi) is 4.14. The van der Waals surface area contributed by atoms with Gasteiger partial charge in [0.2, 0.25) is 10.0 Å². The van der Waals surface area contributed by atoms with Gasteiger partial charge in [0.05, 0.1) is 16.7 Å².